The molecule has 3 aromatic rings. The van der Waals surface area contributed by atoms with Crippen molar-refractivity contribution < 1.29 is 14.2 Å². The molecule has 4 heteroatoms. The van der Waals surface area contributed by atoms with E-state index in [4.69, 9.17) is 19.9 Å². The second-order valence-electron chi connectivity index (χ2n) is 5.77. The van der Waals surface area contributed by atoms with Crippen LogP contribution in [-0.2, 0) is 6.61 Å². The molecule has 0 amide bonds. The summed E-state index contributed by atoms with van der Waals surface area (Å²) in [5.74, 6) is 2.19. The maximum atomic E-state index is 6.05. The van der Waals surface area contributed by atoms with Gasteiger partial charge in [0.05, 0.1) is 7.11 Å². The van der Waals surface area contributed by atoms with E-state index in [1.54, 1.807) is 7.11 Å². The molecule has 2 N–H and O–H groups in total. The van der Waals surface area contributed by atoms with Crippen LogP contribution in [0, 0.1) is 0 Å². The third-order valence-electron chi connectivity index (χ3n) is 3.97. The lowest BCUT2D eigenvalue weighted by molar-refractivity contribution is 0.266. The number of ether oxygens (including phenoxy) is 3. The van der Waals surface area contributed by atoms with Crippen molar-refractivity contribution in [2.75, 3.05) is 20.3 Å². The highest BCUT2D eigenvalue weighted by molar-refractivity contribution is 5.72. The Bertz CT molecular complexity index is 834. The van der Waals surface area contributed by atoms with Crippen molar-refractivity contribution in [3.63, 3.8) is 0 Å². The predicted octanol–water partition coefficient (Wildman–Crippen LogP) is 4.28. The molecule has 0 aliphatic carbocycles. The zero-order valence-electron chi connectivity index (χ0n) is 14.9. The Hall–Kier alpha value is -2.98. The molecule has 3 rings (SSSR count). The summed E-state index contributed by atoms with van der Waals surface area (Å²) in [6.45, 7) is 1.36. The summed E-state index contributed by atoms with van der Waals surface area (Å²) >= 11 is 0. The maximum Gasteiger partial charge on any atom is 0.162 e. The molecule has 0 aliphatic rings. The summed E-state index contributed by atoms with van der Waals surface area (Å²) in [5.41, 5.74) is 8.67. The second-order valence-corrected chi connectivity index (χ2v) is 5.77. The van der Waals surface area contributed by atoms with E-state index < -0.39 is 0 Å². The molecule has 0 heterocycles. The summed E-state index contributed by atoms with van der Waals surface area (Å²) in [4.78, 5) is 0. The lowest BCUT2D eigenvalue weighted by Gasteiger charge is -2.15. The van der Waals surface area contributed by atoms with Gasteiger partial charge in [0.1, 0.15) is 19.0 Å². The van der Waals surface area contributed by atoms with Gasteiger partial charge in [-0.25, -0.2) is 0 Å². The molecule has 0 aliphatic heterocycles. The lowest BCUT2D eigenvalue weighted by Crippen LogP contribution is -2.11. The SMILES string of the molecule is COc1ccccc1-c1ccc(OCCN)c(OCc2ccccc2)c1. The molecular formula is C22H23NO3. The normalized spacial score (nSPS) is 10.4. The molecule has 0 fully saturated rings. The Morgan fingerprint density at radius 2 is 1.54 bits per heavy atom. The minimum atomic E-state index is 0.440. The molecule has 0 unspecified atom stereocenters. The van der Waals surface area contributed by atoms with Gasteiger partial charge in [-0.2, -0.15) is 0 Å². The number of benzene rings is 3. The van der Waals surface area contributed by atoms with Crippen LogP contribution in [0.15, 0.2) is 72.8 Å². The summed E-state index contributed by atoms with van der Waals surface area (Å²) in [5, 5.41) is 0. The van der Waals surface area contributed by atoms with Gasteiger partial charge in [0.25, 0.3) is 0 Å². The van der Waals surface area contributed by atoms with Crippen molar-refractivity contribution in [2.24, 2.45) is 5.73 Å². The van der Waals surface area contributed by atoms with Gasteiger partial charge in [0.2, 0.25) is 0 Å². The van der Waals surface area contributed by atoms with Gasteiger partial charge in [-0.3, -0.25) is 0 Å². The van der Waals surface area contributed by atoms with Crippen LogP contribution in [0.3, 0.4) is 0 Å². The maximum absolute atomic E-state index is 6.05. The molecule has 0 spiro atoms. The number of rotatable bonds is 8. The van der Waals surface area contributed by atoms with Crippen molar-refractivity contribution in [1.82, 2.24) is 0 Å². The molecule has 26 heavy (non-hydrogen) atoms. The first-order valence-electron chi connectivity index (χ1n) is 8.59. The number of para-hydroxylation sites is 1. The first-order valence-corrected chi connectivity index (χ1v) is 8.59. The summed E-state index contributed by atoms with van der Waals surface area (Å²) in [6.07, 6.45) is 0. The number of methoxy groups -OCH3 is 1. The van der Waals surface area contributed by atoms with E-state index in [2.05, 4.69) is 0 Å². The zero-order valence-corrected chi connectivity index (χ0v) is 14.9. The Labute approximate surface area is 154 Å². The fraction of sp³-hybridized carbons (Fsp3) is 0.182. The van der Waals surface area contributed by atoms with E-state index in [0.29, 0.717) is 31.3 Å². The van der Waals surface area contributed by atoms with E-state index >= 15 is 0 Å². The van der Waals surface area contributed by atoms with E-state index in [-0.39, 0.29) is 0 Å². The lowest BCUT2D eigenvalue weighted by atomic mass is 10.0. The summed E-state index contributed by atoms with van der Waals surface area (Å²) in [6, 6.07) is 23.8. The average molecular weight is 349 g/mol. The third kappa shape index (κ3) is 4.35. The Balaban J connectivity index is 1.90. The minimum absolute atomic E-state index is 0.440. The van der Waals surface area contributed by atoms with E-state index in [1.165, 1.54) is 0 Å². The molecular weight excluding hydrogens is 326 g/mol. The highest BCUT2D eigenvalue weighted by atomic mass is 16.5. The van der Waals surface area contributed by atoms with E-state index in [0.717, 1.165) is 22.4 Å². The van der Waals surface area contributed by atoms with Crippen molar-refractivity contribution in [3.8, 4) is 28.4 Å². The van der Waals surface area contributed by atoms with Crippen molar-refractivity contribution >= 4 is 0 Å². The smallest absolute Gasteiger partial charge is 0.162 e. The topological polar surface area (TPSA) is 53.7 Å². The van der Waals surface area contributed by atoms with Crippen molar-refractivity contribution in [3.05, 3.63) is 78.4 Å². The number of hydrogen-bond donors (Lipinski definition) is 1. The summed E-state index contributed by atoms with van der Waals surface area (Å²) in [7, 11) is 1.67. The third-order valence-corrected chi connectivity index (χ3v) is 3.97. The van der Waals surface area contributed by atoms with Crippen LogP contribution in [-0.4, -0.2) is 20.3 Å². The quantitative estimate of drug-likeness (QED) is 0.659. The van der Waals surface area contributed by atoms with Gasteiger partial charge < -0.3 is 19.9 Å². The fourth-order valence-corrected chi connectivity index (χ4v) is 2.69. The molecule has 0 aromatic heterocycles. The zero-order chi connectivity index (χ0) is 18.2. The van der Waals surface area contributed by atoms with Gasteiger partial charge >= 0.3 is 0 Å². The Morgan fingerprint density at radius 1 is 0.769 bits per heavy atom. The average Bonchev–Trinajstić information content (AvgIpc) is 2.71. The van der Waals surface area contributed by atoms with E-state index in [1.807, 2.05) is 72.8 Å². The molecule has 4 nitrogen and oxygen atoms in total. The van der Waals surface area contributed by atoms with Crippen LogP contribution in [0.1, 0.15) is 5.56 Å². The number of hydrogen-bond acceptors (Lipinski definition) is 4. The molecule has 0 saturated carbocycles. The Morgan fingerprint density at radius 3 is 2.31 bits per heavy atom. The van der Waals surface area contributed by atoms with Crippen LogP contribution in [0.4, 0.5) is 0 Å². The van der Waals surface area contributed by atoms with Crippen LogP contribution >= 0.6 is 0 Å². The van der Waals surface area contributed by atoms with Crippen molar-refractivity contribution in [1.29, 1.82) is 0 Å². The second kappa shape index (κ2) is 8.92. The minimum Gasteiger partial charge on any atom is -0.496 e. The largest absolute Gasteiger partial charge is 0.496 e. The first-order chi connectivity index (χ1) is 12.8. The molecule has 0 atom stereocenters. The van der Waals surface area contributed by atoms with Gasteiger partial charge in [-0.05, 0) is 29.3 Å². The Kier molecular flexibility index (Phi) is 6.12. The molecule has 0 bridgehead atoms. The van der Waals surface area contributed by atoms with Crippen LogP contribution < -0.4 is 19.9 Å². The van der Waals surface area contributed by atoms with Gasteiger partial charge in [0.15, 0.2) is 11.5 Å². The highest BCUT2D eigenvalue weighted by Crippen LogP contribution is 2.36. The van der Waals surface area contributed by atoms with Crippen LogP contribution in [0.25, 0.3) is 11.1 Å². The monoisotopic (exact) mass is 349 g/mol. The molecule has 0 radical (unpaired) electrons. The fourth-order valence-electron chi connectivity index (χ4n) is 2.69. The molecule has 134 valence electrons. The van der Waals surface area contributed by atoms with Gasteiger partial charge in [-0.1, -0.05) is 54.6 Å². The highest BCUT2D eigenvalue weighted by Gasteiger charge is 2.11. The van der Waals surface area contributed by atoms with Crippen molar-refractivity contribution in [2.45, 2.75) is 6.61 Å². The standard InChI is InChI=1S/C22H23NO3/c1-24-20-10-6-5-9-19(20)18-11-12-21(25-14-13-23)22(15-18)26-16-17-7-3-2-4-8-17/h2-12,15H,13-14,16,23H2,1H3. The summed E-state index contributed by atoms with van der Waals surface area (Å²) < 4.78 is 17.3. The molecule has 0 saturated heterocycles. The van der Waals surface area contributed by atoms with Gasteiger partial charge in [0, 0.05) is 12.1 Å². The predicted molar refractivity (Wildman–Crippen MR) is 104 cm³/mol. The number of nitrogens with two attached hydrogens (primary N) is 1. The van der Waals surface area contributed by atoms with Gasteiger partial charge in [-0.15, -0.1) is 0 Å². The van der Waals surface area contributed by atoms with E-state index in [9.17, 15) is 0 Å². The first kappa shape index (κ1) is 17.8. The van der Waals surface area contributed by atoms with Crippen LogP contribution in [0.2, 0.25) is 0 Å². The molecule has 3 aromatic carbocycles. The van der Waals surface area contributed by atoms with Crippen LogP contribution in [0.5, 0.6) is 17.2 Å².